The molecule has 4 nitrogen and oxygen atoms in total. The van der Waals surface area contributed by atoms with E-state index in [2.05, 4.69) is 24.5 Å². The second kappa shape index (κ2) is 16.4. The van der Waals surface area contributed by atoms with Crippen molar-refractivity contribution in [2.45, 2.75) is 85.0 Å². The molecular weight excluding hydrogens is 400 g/mol. The maximum atomic E-state index is 5.64. The lowest BCUT2D eigenvalue weighted by Crippen LogP contribution is -2.16. The van der Waals surface area contributed by atoms with Gasteiger partial charge < -0.3 is 20.1 Å². The van der Waals surface area contributed by atoms with Crippen molar-refractivity contribution in [2.24, 2.45) is 0 Å². The van der Waals surface area contributed by atoms with Crippen molar-refractivity contribution in [3.05, 3.63) is 23.8 Å². The van der Waals surface area contributed by atoms with Crippen LogP contribution >= 0.6 is 24.4 Å². The van der Waals surface area contributed by atoms with Gasteiger partial charge in [0.05, 0.1) is 13.2 Å². The highest BCUT2D eigenvalue weighted by atomic mass is 32.1. The highest BCUT2D eigenvalue weighted by Gasteiger charge is 2.06. The van der Waals surface area contributed by atoms with E-state index in [0.29, 0.717) is 23.6 Å². The van der Waals surface area contributed by atoms with Crippen molar-refractivity contribution >= 4 is 46.2 Å². The molecule has 0 bridgehead atoms. The summed E-state index contributed by atoms with van der Waals surface area (Å²) in [6, 6.07) is 5.98. The summed E-state index contributed by atoms with van der Waals surface area (Å²) >= 11 is 10.6. The van der Waals surface area contributed by atoms with E-state index in [-0.39, 0.29) is 0 Å². The first kappa shape index (κ1) is 25.6. The van der Waals surface area contributed by atoms with Crippen LogP contribution in [0.25, 0.3) is 0 Å². The number of hydrogen-bond donors (Lipinski definition) is 2. The first-order valence-corrected chi connectivity index (χ1v) is 11.9. The summed E-state index contributed by atoms with van der Waals surface area (Å²) in [6.45, 7) is 7.78. The van der Waals surface area contributed by atoms with Crippen LogP contribution in [0.2, 0.25) is 0 Å². The Bertz CT molecular complexity index is 609. The smallest absolute Gasteiger partial charge is 0.261 e. The van der Waals surface area contributed by atoms with E-state index in [1.165, 1.54) is 51.4 Å². The average Bonchev–Trinajstić information content (AvgIpc) is 2.70. The van der Waals surface area contributed by atoms with Crippen LogP contribution in [0, 0.1) is 6.92 Å². The highest BCUT2D eigenvalue weighted by molar-refractivity contribution is 7.80. The molecule has 1 aromatic carbocycles. The van der Waals surface area contributed by atoms with Gasteiger partial charge in [0, 0.05) is 11.4 Å². The van der Waals surface area contributed by atoms with Gasteiger partial charge in [-0.3, -0.25) is 0 Å². The van der Waals surface area contributed by atoms with Crippen molar-refractivity contribution in [1.29, 1.82) is 0 Å². The topological polar surface area (TPSA) is 42.5 Å². The summed E-state index contributed by atoms with van der Waals surface area (Å²) < 4.78 is 11.3. The van der Waals surface area contributed by atoms with Gasteiger partial charge in [0.15, 0.2) is 0 Å². The summed E-state index contributed by atoms with van der Waals surface area (Å²) in [5.41, 5.74) is 2.87. The summed E-state index contributed by atoms with van der Waals surface area (Å²) in [6.07, 6.45) is 12.0. The Morgan fingerprint density at radius 3 is 1.83 bits per heavy atom. The van der Waals surface area contributed by atoms with Crippen LogP contribution in [-0.4, -0.2) is 23.6 Å². The lowest BCUT2D eigenvalue weighted by atomic mass is 10.2. The van der Waals surface area contributed by atoms with E-state index in [4.69, 9.17) is 33.9 Å². The number of unbranched alkanes of at least 4 members (excludes halogenated alkanes) is 8. The van der Waals surface area contributed by atoms with Gasteiger partial charge in [0.25, 0.3) is 10.3 Å². The second-order valence-electron chi connectivity index (χ2n) is 7.38. The van der Waals surface area contributed by atoms with Crippen molar-refractivity contribution in [3.8, 4) is 0 Å². The van der Waals surface area contributed by atoms with E-state index in [9.17, 15) is 0 Å². The number of rotatable bonds is 14. The van der Waals surface area contributed by atoms with Gasteiger partial charge in [-0.25, -0.2) is 0 Å². The van der Waals surface area contributed by atoms with Gasteiger partial charge in [-0.15, -0.1) is 0 Å². The van der Waals surface area contributed by atoms with Gasteiger partial charge in [0.1, 0.15) is 0 Å². The Hall–Kier alpha value is -1.40. The molecule has 0 spiro atoms. The van der Waals surface area contributed by atoms with Crippen LogP contribution in [0.4, 0.5) is 11.4 Å². The molecule has 2 N–H and O–H groups in total. The zero-order chi connectivity index (χ0) is 21.3. The lowest BCUT2D eigenvalue weighted by molar-refractivity contribution is 0.299. The number of aryl methyl sites for hydroxylation is 1. The molecule has 0 saturated heterocycles. The summed E-state index contributed by atoms with van der Waals surface area (Å²) in [5, 5.41) is 7.14. The molecule has 0 amide bonds. The molecule has 0 fully saturated rings. The van der Waals surface area contributed by atoms with Gasteiger partial charge >= 0.3 is 0 Å². The summed E-state index contributed by atoms with van der Waals surface area (Å²) in [5.74, 6) is 0. The van der Waals surface area contributed by atoms with E-state index in [1.807, 2.05) is 25.1 Å². The molecule has 0 aromatic heterocycles. The Kier molecular flexibility index (Phi) is 14.5. The van der Waals surface area contributed by atoms with Gasteiger partial charge in [-0.2, -0.15) is 0 Å². The van der Waals surface area contributed by atoms with Crippen molar-refractivity contribution in [2.75, 3.05) is 23.8 Å². The average molecular weight is 439 g/mol. The molecular formula is C23H38N2O2S2. The number of nitrogens with one attached hydrogen (secondary N) is 2. The number of hydrogen-bond acceptors (Lipinski definition) is 4. The van der Waals surface area contributed by atoms with Crippen LogP contribution in [0.5, 0.6) is 0 Å². The number of anilines is 2. The molecule has 0 unspecified atom stereocenters. The molecule has 164 valence electrons. The number of ether oxygens (including phenoxy) is 2. The monoisotopic (exact) mass is 438 g/mol. The zero-order valence-corrected chi connectivity index (χ0v) is 20.0. The molecule has 0 aliphatic heterocycles. The van der Waals surface area contributed by atoms with Crippen molar-refractivity contribution in [1.82, 2.24) is 0 Å². The molecule has 0 atom stereocenters. The lowest BCUT2D eigenvalue weighted by Gasteiger charge is -2.14. The second-order valence-corrected chi connectivity index (χ2v) is 8.12. The molecule has 0 radical (unpaired) electrons. The minimum atomic E-state index is 0.404. The third kappa shape index (κ3) is 12.7. The van der Waals surface area contributed by atoms with Crippen LogP contribution in [0.3, 0.4) is 0 Å². The van der Waals surface area contributed by atoms with Gasteiger partial charge in [-0.05, 0) is 61.9 Å². The third-order valence-electron chi connectivity index (χ3n) is 4.68. The third-order valence-corrected chi connectivity index (χ3v) is 5.12. The standard InChI is InChI=1S/C23H38N2O2S2/c1-4-6-8-10-12-16-26-22(28)24-20-15-14-19(3)21(18-20)25-23(29)27-17-13-11-9-7-5-2/h14-15,18H,4-13,16-17H2,1-3H3,(H,24,28)(H,25,29). The fourth-order valence-corrected chi connectivity index (χ4v) is 3.27. The Labute approximate surface area is 188 Å². The molecule has 0 aliphatic carbocycles. The highest BCUT2D eigenvalue weighted by Crippen LogP contribution is 2.21. The van der Waals surface area contributed by atoms with E-state index in [0.717, 1.165) is 29.8 Å². The van der Waals surface area contributed by atoms with Crippen molar-refractivity contribution < 1.29 is 9.47 Å². The number of thiocarbonyl (C=S) groups is 2. The first-order valence-electron chi connectivity index (χ1n) is 11.0. The molecule has 29 heavy (non-hydrogen) atoms. The molecule has 0 saturated carbocycles. The zero-order valence-electron chi connectivity index (χ0n) is 18.4. The van der Waals surface area contributed by atoms with Crippen LogP contribution in [0.15, 0.2) is 18.2 Å². The largest absolute Gasteiger partial charge is 0.471 e. The Balaban J connectivity index is 2.35. The predicted molar refractivity (Wildman–Crippen MR) is 133 cm³/mol. The van der Waals surface area contributed by atoms with Crippen molar-refractivity contribution in [3.63, 3.8) is 0 Å². The van der Waals surface area contributed by atoms with E-state index in [1.54, 1.807) is 0 Å². The molecule has 0 aliphatic rings. The first-order chi connectivity index (χ1) is 14.1. The van der Waals surface area contributed by atoms with Crippen LogP contribution in [-0.2, 0) is 9.47 Å². The minimum Gasteiger partial charge on any atom is -0.471 e. The quantitative estimate of drug-likeness (QED) is 0.233. The Morgan fingerprint density at radius 1 is 0.759 bits per heavy atom. The van der Waals surface area contributed by atoms with Gasteiger partial charge in [0.2, 0.25) is 0 Å². The Morgan fingerprint density at radius 2 is 1.28 bits per heavy atom. The van der Waals surface area contributed by atoms with E-state index >= 15 is 0 Å². The SMILES string of the molecule is CCCCCCCOC(=S)Nc1ccc(C)c(NC(=S)OCCCCCCC)c1. The summed E-state index contributed by atoms with van der Waals surface area (Å²) in [7, 11) is 0. The summed E-state index contributed by atoms with van der Waals surface area (Å²) in [4.78, 5) is 0. The molecule has 1 aromatic rings. The number of benzene rings is 1. The normalized spacial score (nSPS) is 10.4. The fourth-order valence-electron chi connectivity index (χ4n) is 2.88. The van der Waals surface area contributed by atoms with Gasteiger partial charge in [-0.1, -0.05) is 71.3 Å². The van der Waals surface area contributed by atoms with Crippen LogP contribution in [0.1, 0.15) is 83.6 Å². The predicted octanol–water partition coefficient (Wildman–Crippen LogP) is 7.36. The van der Waals surface area contributed by atoms with E-state index < -0.39 is 0 Å². The molecule has 0 heterocycles. The minimum absolute atomic E-state index is 0.404. The maximum Gasteiger partial charge on any atom is 0.261 e. The fraction of sp³-hybridized carbons (Fsp3) is 0.652. The molecule has 6 heteroatoms. The van der Waals surface area contributed by atoms with Crippen LogP contribution < -0.4 is 10.6 Å². The maximum absolute atomic E-state index is 5.64. The molecule has 1 rings (SSSR count).